The van der Waals surface area contributed by atoms with Crippen LogP contribution in [-0.4, -0.2) is 27.4 Å². The van der Waals surface area contributed by atoms with Gasteiger partial charge in [-0.2, -0.15) is 0 Å². The molecule has 2 nitrogen and oxygen atoms in total. The van der Waals surface area contributed by atoms with E-state index in [-0.39, 0.29) is 0 Å². The van der Waals surface area contributed by atoms with Crippen molar-refractivity contribution in [3.63, 3.8) is 0 Å². The molecule has 0 unspecified atom stereocenters. The molecule has 0 aromatic rings. The van der Waals surface area contributed by atoms with Crippen molar-refractivity contribution in [2.45, 2.75) is 7.86 Å². The standard InChI is InChI=1S/2C3H7O.C2.2Hg/c2*1-3-4-2;1-2;;/h2*1,3H2,2H3;;;. The normalized spacial score (nSPS) is 7.83. The van der Waals surface area contributed by atoms with E-state index in [0.717, 1.165) is 13.2 Å². The average molecular weight is 543 g/mol. The van der Waals surface area contributed by atoms with Crippen LogP contribution in [0.2, 0.25) is 7.86 Å². The maximum absolute atomic E-state index is 4.97. The van der Waals surface area contributed by atoms with E-state index >= 15 is 0 Å². The molecule has 0 N–H and O–H groups in total. The van der Waals surface area contributed by atoms with Gasteiger partial charge in [-0.1, -0.05) is 0 Å². The van der Waals surface area contributed by atoms with E-state index in [1.807, 2.05) is 0 Å². The Morgan fingerprint density at radius 1 is 0.917 bits per heavy atom. The molecule has 0 saturated heterocycles. The van der Waals surface area contributed by atoms with E-state index in [1.165, 1.54) is 7.86 Å². The summed E-state index contributed by atoms with van der Waals surface area (Å²) in [6.45, 7) is 1.87. The summed E-state index contributed by atoms with van der Waals surface area (Å²) in [4.78, 5) is 0. The molecule has 0 aliphatic heterocycles. The van der Waals surface area contributed by atoms with Gasteiger partial charge in [-0.15, -0.1) is 0 Å². The van der Waals surface area contributed by atoms with E-state index < -0.39 is 49.1 Å². The van der Waals surface area contributed by atoms with Gasteiger partial charge in [0.15, 0.2) is 0 Å². The maximum atomic E-state index is 4.97. The molecule has 0 aliphatic carbocycles. The van der Waals surface area contributed by atoms with Gasteiger partial charge in [0.25, 0.3) is 0 Å². The van der Waals surface area contributed by atoms with Gasteiger partial charge in [-0.05, 0) is 0 Å². The number of hydrogen-bond donors (Lipinski definition) is 0. The van der Waals surface area contributed by atoms with Crippen molar-refractivity contribution in [2.24, 2.45) is 0 Å². The van der Waals surface area contributed by atoms with Crippen molar-refractivity contribution in [3.05, 3.63) is 0 Å². The van der Waals surface area contributed by atoms with E-state index in [0.29, 0.717) is 0 Å². The predicted octanol–water partition coefficient (Wildman–Crippen LogP) is 1.20. The molecule has 0 aliphatic rings. The summed E-state index contributed by atoms with van der Waals surface area (Å²) >= 11 is -1.54. The predicted molar refractivity (Wildman–Crippen MR) is 41.1 cm³/mol. The van der Waals surface area contributed by atoms with Crippen LogP contribution in [0.5, 0.6) is 0 Å². The first-order valence-corrected chi connectivity index (χ1v) is 17.6. The first-order chi connectivity index (χ1) is 5.91. The van der Waals surface area contributed by atoms with Crippen LogP contribution in [0.4, 0.5) is 0 Å². The minimum atomic E-state index is -0.769. The molecule has 62 valence electrons. The van der Waals surface area contributed by atoms with Crippen LogP contribution in [0, 0.1) is 6.86 Å². The van der Waals surface area contributed by atoms with Gasteiger partial charge in [0.05, 0.1) is 0 Å². The van der Waals surface area contributed by atoms with Crippen molar-refractivity contribution in [2.75, 3.05) is 27.4 Å². The molecule has 0 aromatic heterocycles. The van der Waals surface area contributed by atoms with Crippen molar-refractivity contribution in [1.82, 2.24) is 0 Å². The number of methoxy groups -OCH3 is 2. The van der Waals surface area contributed by atoms with Gasteiger partial charge in [0.1, 0.15) is 0 Å². The van der Waals surface area contributed by atoms with Crippen molar-refractivity contribution >= 4 is 0 Å². The van der Waals surface area contributed by atoms with Crippen molar-refractivity contribution < 1.29 is 58.6 Å². The molecule has 4 heteroatoms. The second kappa shape index (κ2) is 12.4. The molecule has 0 spiro atoms. The average Bonchev–Trinajstić information content (AvgIpc) is 2.10. The van der Waals surface area contributed by atoms with Crippen LogP contribution >= 0.6 is 0 Å². The Labute approximate surface area is 99.6 Å². The Hall–Kier alpha value is 1.35. The molecule has 0 rings (SSSR count). The first kappa shape index (κ1) is 13.4. The Morgan fingerprint density at radius 2 is 1.33 bits per heavy atom. The fourth-order valence-electron chi connectivity index (χ4n) is 0.787. The minimum absolute atomic E-state index is 0.769. The van der Waals surface area contributed by atoms with Crippen LogP contribution in [0.3, 0.4) is 0 Å². The van der Waals surface area contributed by atoms with Crippen LogP contribution in [0.1, 0.15) is 0 Å². The zero-order valence-corrected chi connectivity index (χ0v) is 19.1. The third-order valence-electron chi connectivity index (χ3n) is 1.43. The molecule has 0 bridgehead atoms. The van der Waals surface area contributed by atoms with Gasteiger partial charge in [0.2, 0.25) is 0 Å². The van der Waals surface area contributed by atoms with Gasteiger partial charge in [0, 0.05) is 0 Å². The summed E-state index contributed by atoms with van der Waals surface area (Å²) < 4.78 is 19.4. The molecule has 0 radical (unpaired) electrons. The molecular formula is C8H14Hg2O2. The van der Waals surface area contributed by atoms with Gasteiger partial charge >= 0.3 is 101 Å². The number of ether oxygens (including phenoxy) is 2. The van der Waals surface area contributed by atoms with E-state index in [4.69, 9.17) is 9.47 Å². The Kier molecular flexibility index (Phi) is 13.7. The molecule has 0 atom stereocenters. The summed E-state index contributed by atoms with van der Waals surface area (Å²) in [5.41, 5.74) is 0. The van der Waals surface area contributed by atoms with Crippen LogP contribution in [-0.2, 0) is 58.6 Å². The quantitative estimate of drug-likeness (QED) is 0.285. The van der Waals surface area contributed by atoms with Crippen LogP contribution in [0.15, 0.2) is 0 Å². The molecule has 0 amide bonds. The summed E-state index contributed by atoms with van der Waals surface area (Å²) in [7, 11) is 3.53. The van der Waals surface area contributed by atoms with Gasteiger partial charge in [-0.3, -0.25) is 0 Å². The zero-order chi connectivity index (χ0) is 9.07. The number of hydrogen-bond acceptors (Lipinski definition) is 2. The molecular weight excluding hydrogens is 529 g/mol. The van der Waals surface area contributed by atoms with E-state index in [2.05, 4.69) is 6.86 Å². The molecule has 0 fully saturated rings. The molecule has 0 aromatic carbocycles. The summed E-state index contributed by atoms with van der Waals surface area (Å²) in [6.07, 6.45) is 0. The SMILES string of the molecule is COC[CH2][Hg][C]#[C][Hg][CH2]COC. The number of rotatable bonds is 6. The monoisotopic (exact) mass is 546 g/mol. The van der Waals surface area contributed by atoms with Gasteiger partial charge in [-0.25, -0.2) is 0 Å². The topological polar surface area (TPSA) is 18.5 Å². The summed E-state index contributed by atoms with van der Waals surface area (Å²) in [6, 6.07) is 0. The summed E-state index contributed by atoms with van der Waals surface area (Å²) in [5, 5.41) is 0. The van der Waals surface area contributed by atoms with E-state index in [1.54, 1.807) is 14.2 Å². The third-order valence-corrected chi connectivity index (χ3v) is 17.9. The molecule has 0 heterocycles. The summed E-state index contributed by atoms with van der Waals surface area (Å²) in [5.74, 6) is 0. The Morgan fingerprint density at radius 3 is 1.67 bits per heavy atom. The first-order valence-electron chi connectivity index (χ1n) is 4.35. The molecule has 0 saturated carbocycles. The van der Waals surface area contributed by atoms with E-state index in [9.17, 15) is 0 Å². The fourth-order valence-corrected chi connectivity index (χ4v) is 19.0. The third kappa shape index (κ3) is 11.4. The van der Waals surface area contributed by atoms with Crippen molar-refractivity contribution in [3.8, 4) is 6.86 Å². The van der Waals surface area contributed by atoms with Crippen molar-refractivity contribution in [1.29, 1.82) is 0 Å². The van der Waals surface area contributed by atoms with Crippen LogP contribution < -0.4 is 0 Å². The Balaban J connectivity index is 3.01. The zero-order valence-electron chi connectivity index (χ0n) is 8.06. The molecule has 12 heavy (non-hydrogen) atoms. The Bertz CT molecular complexity index is 126. The van der Waals surface area contributed by atoms with Gasteiger partial charge < -0.3 is 0 Å². The van der Waals surface area contributed by atoms with Crippen LogP contribution in [0.25, 0.3) is 0 Å². The second-order valence-electron chi connectivity index (χ2n) is 2.55. The second-order valence-corrected chi connectivity index (χ2v) is 14.7. The fraction of sp³-hybridized carbons (Fsp3) is 0.750.